The minimum Gasteiger partial charge on any atom is -0.397 e. The van der Waals surface area contributed by atoms with E-state index in [1.165, 1.54) is 22.4 Å². The van der Waals surface area contributed by atoms with Gasteiger partial charge in [0.15, 0.2) is 0 Å². The Bertz CT molecular complexity index is 542. The zero-order valence-electron chi connectivity index (χ0n) is 11.4. The molecule has 98 valence electrons. The molecule has 1 aliphatic heterocycles. The van der Waals surface area contributed by atoms with Gasteiger partial charge in [0.2, 0.25) is 0 Å². The number of nitrogen functional groups attached to an aromatic ring is 1. The van der Waals surface area contributed by atoms with Gasteiger partial charge in [-0.25, -0.2) is 0 Å². The zero-order chi connectivity index (χ0) is 13.2. The van der Waals surface area contributed by atoms with Crippen molar-refractivity contribution in [1.82, 2.24) is 0 Å². The molecule has 0 amide bonds. The van der Waals surface area contributed by atoms with Gasteiger partial charge in [0.05, 0.1) is 11.4 Å². The summed E-state index contributed by atoms with van der Waals surface area (Å²) in [6.07, 6.45) is 2.20. The van der Waals surface area contributed by atoms with E-state index in [9.17, 15) is 0 Å². The number of para-hydroxylation sites is 1. The second kappa shape index (κ2) is 4.96. The fraction of sp³-hybridized carbons (Fsp3) is 0.294. The van der Waals surface area contributed by atoms with Gasteiger partial charge in [0.1, 0.15) is 0 Å². The molecule has 1 aliphatic rings. The van der Waals surface area contributed by atoms with Crippen molar-refractivity contribution in [2.45, 2.75) is 19.8 Å². The Balaban J connectivity index is 1.90. The molecule has 2 aromatic rings. The van der Waals surface area contributed by atoms with E-state index in [4.69, 9.17) is 5.73 Å². The maximum atomic E-state index is 6.17. The smallest absolute Gasteiger partial charge is 0.0629 e. The van der Waals surface area contributed by atoms with Crippen LogP contribution in [0.15, 0.2) is 42.5 Å². The van der Waals surface area contributed by atoms with Gasteiger partial charge in [0, 0.05) is 13.1 Å². The summed E-state index contributed by atoms with van der Waals surface area (Å²) in [5.41, 5.74) is 12.5. The normalized spacial score (nSPS) is 14.9. The van der Waals surface area contributed by atoms with Crippen LogP contribution in [0.4, 0.5) is 11.4 Å². The molecule has 0 radical (unpaired) electrons. The lowest BCUT2D eigenvalue weighted by atomic mass is 10.0. The molecule has 0 aromatic heterocycles. The third-order valence-electron chi connectivity index (χ3n) is 4.01. The number of nitrogens with zero attached hydrogens (tertiary/aromatic N) is 1. The van der Waals surface area contributed by atoms with Crippen molar-refractivity contribution < 1.29 is 0 Å². The highest BCUT2D eigenvalue weighted by Gasteiger charge is 2.16. The van der Waals surface area contributed by atoms with Gasteiger partial charge in [-0.2, -0.15) is 0 Å². The first kappa shape index (κ1) is 12.1. The molecule has 0 fully saturated rings. The van der Waals surface area contributed by atoms with Gasteiger partial charge >= 0.3 is 0 Å². The molecular formula is C17H20N2. The van der Waals surface area contributed by atoms with Crippen molar-refractivity contribution in [3.63, 3.8) is 0 Å². The Morgan fingerprint density at radius 1 is 0.895 bits per heavy atom. The number of rotatable bonds is 1. The number of benzene rings is 2. The van der Waals surface area contributed by atoms with Gasteiger partial charge < -0.3 is 10.6 Å². The highest BCUT2D eigenvalue weighted by molar-refractivity contribution is 5.71. The number of aryl methyl sites for hydroxylation is 1. The van der Waals surface area contributed by atoms with Crippen LogP contribution < -0.4 is 10.6 Å². The van der Waals surface area contributed by atoms with Gasteiger partial charge in [-0.15, -0.1) is 0 Å². The summed E-state index contributed by atoms with van der Waals surface area (Å²) in [6.45, 7) is 4.24. The van der Waals surface area contributed by atoms with Crippen molar-refractivity contribution in [2.75, 3.05) is 23.7 Å². The van der Waals surface area contributed by atoms with Crippen molar-refractivity contribution in [2.24, 2.45) is 0 Å². The summed E-state index contributed by atoms with van der Waals surface area (Å²) in [5.74, 6) is 0. The van der Waals surface area contributed by atoms with Crippen LogP contribution in [0.1, 0.15) is 16.7 Å². The highest BCUT2D eigenvalue weighted by Crippen LogP contribution is 2.29. The van der Waals surface area contributed by atoms with Crippen LogP contribution in [0, 0.1) is 6.92 Å². The topological polar surface area (TPSA) is 29.3 Å². The first-order valence-corrected chi connectivity index (χ1v) is 6.92. The third-order valence-corrected chi connectivity index (χ3v) is 4.01. The van der Waals surface area contributed by atoms with Crippen LogP contribution in [-0.2, 0) is 12.8 Å². The monoisotopic (exact) mass is 252 g/mol. The highest BCUT2D eigenvalue weighted by atomic mass is 15.1. The molecule has 0 aliphatic carbocycles. The van der Waals surface area contributed by atoms with E-state index < -0.39 is 0 Å². The van der Waals surface area contributed by atoms with Gasteiger partial charge in [-0.3, -0.25) is 0 Å². The molecule has 3 rings (SSSR count). The van der Waals surface area contributed by atoms with Crippen LogP contribution in [0.25, 0.3) is 0 Å². The van der Waals surface area contributed by atoms with E-state index in [0.717, 1.165) is 31.6 Å². The van der Waals surface area contributed by atoms with Crippen molar-refractivity contribution in [3.05, 3.63) is 59.2 Å². The summed E-state index contributed by atoms with van der Waals surface area (Å²) in [6, 6.07) is 14.9. The van der Waals surface area contributed by atoms with Crippen LogP contribution in [0.5, 0.6) is 0 Å². The maximum Gasteiger partial charge on any atom is 0.0629 e. The Morgan fingerprint density at radius 3 is 2.11 bits per heavy atom. The summed E-state index contributed by atoms with van der Waals surface area (Å²) < 4.78 is 0. The van der Waals surface area contributed by atoms with E-state index in [2.05, 4.69) is 42.2 Å². The first-order valence-electron chi connectivity index (χ1n) is 6.92. The van der Waals surface area contributed by atoms with Crippen molar-refractivity contribution >= 4 is 11.4 Å². The Hall–Kier alpha value is -1.96. The Kier molecular flexibility index (Phi) is 3.16. The second-order valence-corrected chi connectivity index (χ2v) is 5.27. The number of hydrogen-bond donors (Lipinski definition) is 1. The molecule has 0 spiro atoms. The molecule has 1 heterocycles. The van der Waals surface area contributed by atoms with Gasteiger partial charge in [0.25, 0.3) is 0 Å². The second-order valence-electron chi connectivity index (χ2n) is 5.27. The third kappa shape index (κ3) is 2.30. The fourth-order valence-electron chi connectivity index (χ4n) is 3.01. The Morgan fingerprint density at radius 2 is 1.53 bits per heavy atom. The van der Waals surface area contributed by atoms with Crippen LogP contribution in [0.2, 0.25) is 0 Å². The average molecular weight is 252 g/mol. The van der Waals surface area contributed by atoms with Gasteiger partial charge in [-0.05, 0) is 42.5 Å². The van der Waals surface area contributed by atoms with Crippen molar-refractivity contribution in [1.29, 1.82) is 0 Å². The van der Waals surface area contributed by atoms with Crippen LogP contribution in [-0.4, -0.2) is 13.1 Å². The van der Waals surface area contributed by atoms with Crippen LogP contribution in [0.3, 0.4) is 0 Å². The number of hydrogen-bond acceptors (Lipinski definition) is 2. The first-order chi connectivity index (χ1) is 9.25. The summed E-state index contributed by atoms with van der Waals surface area (Å²) in [7, 11) is 0. The summed E-state index contributed by atoms with van der Waals surface area (Å²) >= 11 is 0. The predicted molar refractivity (Wildman–Crippen MR) is 81.7 cm³/mol. The average Bonchev–Trinajstić information content (AvgIpc) is 2.62. The molecule has 0 saturated carbocycles. The lowest BCUT2D eigenvalue weighted by molar-refractivity contribution is 0.804. The molecule has 0 unspecified atom stereocenters. The molecule has 0 atom stereocenters. The van der Waals surface area contributed by atoms with E-state index in [0.29, 0.717) is 0 Å². The fourth-order valence-corrected chi connectivity index (χ4v) is 3.01. The lowest BCUT2D eigenvalue weighted by Crippen LogP contribution is -2.27. The molecule has 2 N–H and O–H groups in total. The zero-order valence-corrected chi connectivity index (χ0v) is 11.4. The van der Waals surface area contributed by atoms with Gasteiger partial charge in [-0.1, -0.05) is 36.4 Å². The molecule has 0 bridgehead atoms. The van der Waals surface area contributed by atoms with E-state index >= 15 is 0 Å². The lowest BCUT2D eigenvalue weighted by Gasteiger charge is -2.26. The summed E-state index contributed by atoms with van der Waals surface area (Å²) in [4.78, 5) is 2.44. The van der Waals surface area contributed by atoms with E-state index in [-0.39, 0.29) is 0 Å². The summed E-state index contributed by atoms with van der Waals surface area (Å²) in [5, 5.41) is 0. The standard InChI is InChI=1S/C17H20N2/c1-13-5-4-8-16(18)17(13)19-11-9-14-6-2-3-7-15(14)10-12-19/h2-8H,9-12,18H2,1H3. The molecule has 2 aromatic carbocycles. The quantitative estimate of drug-likeness (QED) is 0.790. The number of nitrogens with two attached hydrogens (primary N) is 1. The number of fused-ring (bicyclic) bond motifs is 1. The van der Waals surface area contributed by atoms with E-state index in [1.54, 1.807) is 0 Å². The molecule has 0 saturated heterocycles. The minimum absolute atomic E-state index is 0.894. The van der Waals surface area contributed by atoms with E-state index in [1.807, 2.05) is 12.1 Å². The Labute approximate surface area is 114 Å². The minimum atomic E-state index is 0.894. The molecule has 19 heavy (non-hydrogen) atoms. The molecule has 2 heteroatoms. The molecular weight excluding hydrogens is 232 g/mol. The molecule has 2 nitrogen and oxygen atoms in total. The predicted octanol–water partition coefficient (Wildman–Crippen LogP) is 3.18. The number of anilines is 2. The van der Waals surface area contributed by atoms with Crippen molar-refractivity contribution in [3.8, 4) is 0 Å². The maximum absolute atomic E-state index is 6.17. The largest absolute Gasteiger partial charge is 0.397 e. The SMILES string of the molecule is Cc1cccc(N)c1N1CCc2ccccc2CC1. The van der Waals surface area contributed by atoms with Crippen LogP contribution >= 0.6 is 0 Å².